The lowest BCUT2D eigenvalue weighted by atomic mass is 9.94. The maximum absolute atomic E-state index is 13.7. The number of hydrogen-bond donors (Lipinski definition) is 0. The quantitative estimate of drug-likeness (QED) is 0.291. The van der Waals surface area contributed by atoms with Crippen LogP contribution in [0, 0.1) is 0 Å². The number of hydrogen-bond acceptors (Lipinski definition) is 4. The van der Waals surface area contributed by atoms with E-state index in [1.54, 1.807) is 12.1 Å². The third-order valence-electron chi connectivity index (χ3n) is 7.35. The molecular formula is C29H30BrCl3N2O2S. The Hall–Kier alpha value is -1.18. The maximum Gasteiger partial charge on any atom is 0.266 e. The number of amidine groups is 1. The van der Waals surface area contributed by atoms with E-state index >= 15 is 0 Å². The minimum Gasteiger partial charge on any atom is -0.486 e. The molecule has 0 spiro atoms. The highest BCUT2D eigenvalue weighted by molar-refractivity contribution is 9.10. The standard InChI is InChI=1S/C29H30BrCl3N2O2S/c30-23-13-18(14-25(33)27(23)37-17-19-11-12-20(31)16-24(19)32)15-26-28(36)35(22-9-5-2-6-10-22)29(38-26)34-21-7-3-1-4-8-21/h11-16,21-22H,1-10,17H2. The van der Waals surface area contributed by atoms with Crippen molar-refractivity contribution in [2.75, 3.05) is 0 Å². The Bertz CT molecular complexity index is 1230. The van der Waals surface area contributed by atoms with Crippen molar-refractivity contribution < 1.29 is 9.53 Å². The zero-order valence-electron chi connectivity index (χ0n) is 21.0. The Kier molecular flexibility index (Phi) is 9.69. The number of thioether (sulfide) groups is 1. The molecule has 2 saturated carbocycles. The second kappa shape index (κ2) is 13.0. The molecule has 3 fully saturated rings. The van der Waals surface area contributed by atoms with Crippen LogP contribution in [-0.2, 0) is 11.4 Å². The molecule has 0 aromatic heterocycles. The number of benzene rings is 2. The summed E-state index contributed by atoms with van der Waals surface area (Å²) in [5, 5.41) is 2.44. The van der Waals surface area contributed by atoms with Crippen molar-refractivity contribution in [3.63, 3.8) is 0 Å². The Morgan fingerprint density at radius 2 is 1.68 bits per heavy atom. The van der Waals surface area contributed by atoms with Crippen LogP contribution < -0.4 is 4.74 Å². The fraction of sp³-hybridized carbons (Fsp3) is 0.448. The predicted molar refractivity (Wildman–Crippen MR) is 164 cm³/mol. The fourth-order valence-corrected chi connectivity index (χ4v) is 7.91. The van der Waals surface area contributed by atoms with E-state index in [9.17, 15) is 4.79 Å². The molecule has 0 N–H and O–H groups in total. The summed E-state index contributed by atoms with van der Waals surface area (Å²) < 4.78 is 6.70. The highest BCUT2D eigenvalue weighted by atomic mass is 79.9. The molecule has 2 aromatic carbocycles. The second-order valence-corrected chi connectivity index (χ2v) is 13.2. The summed E-state index contributed by atoms with van der Waals surface area (Å²) in [5.41, 5.74) is 1.64. The van der Waals surface area contributed by atoms with Crippen molar-refractivity contribution in [1.29, 1.82) is 0 Å². The first-order valence-electron chi connectivity index (χ1n) is 13.3. The lowest BCUT2D eigenvalue weighted by Gasteiger charge is -2.31. The van der Waals surface area contributed by atoms with Gasteiger partial charge in [-0.3, -0.25) is 14.7 Å². The number of carbonyl (C=O) groups is 1. The molecule has 3 aliphatic rings. The lowest BCUT2D eigenvalue weighted by Crippen LogP contribution is -2.41. The molecule has 1 saturated heterocycles. The highest BCUT2D eigenvalue weighted by Gasteiger charge is 2.39. The van der Waals surface area contributed by atoms with Crippen LogP contribution in [0.15, 0.2) is 44.7 Å². The van der Waals surface area contributed by atoms with Gasteiger partial charge in [-0.15, -0.1) is 0 Å². The van der Waals surface area contributed by atoms with Gasteiger partial charge >= 0.3 is 0 Å². The van der Waals surface area contributed by atoms with Crippen molar-refractivity contribution in [1.82, 2.24) is 4.90 Å². The molecule has 5 rings (SSSR count). The van der Waals surface area contributed by atoms with E-state index in [2.05, 4.69) is 15.9 Å². The second-order valence-electron chi connectivity index (χ2n) is 10.1. The SMILES string of the molecule is O=C1C(=Cc2cc(Cl)c(OCc3ccc(Cl)cc3Cl)c(Br)c2)SC(=NC2CCCCC2)N1C1CCCCC1. The number of ether oxygens (including phenoxy) is 1. The smallest absolute Gasteiger partial charge is 0.266 e. The van der Waals surface area contributed by atoms with Gasteiger partial charge in [0.1, 0.15) is 6.61 Å². The van der Waals surface area contributed by atoms with Crippen LogP contribution in [0.5, 0.6) is 5.75 Å². The molecule has 1 heterocycles. The minimum atomic E-state index is 0.0569. The average Bonchev–Trinajstić information content (AvgIpc) is 3.19. The van der Waals surface area contributed by atoms with Crippen LogP contribution in [0.4, 0.5) is 0 Å². The van der Waals surface area contributed by atoms with Crippen molar-refractivity contribution in [2.45, 2.75) is 82.9 Å². The van der Waals surface area contributed by atoms with Gasteiger partial charge in [-0.1, -0.05) is 79.4 Å². The summed E-state index contributed by atoms with van der Waals surface area (Å²) >= 11 is 24.0. The van der Waals surface area contributed by atoms with Crippen molar-refractivity contribution >= 4 is 79.6 Å². The van der Waals surface area contributed by atoms with E-state index in [1.807, 2.05) is 29.2 Å². The van der Waals surface area contributed by atoms with Gasteiger partial charge in [-0.2, -0.15) is 0 Å². The van der Waals surface area contributed by atoms with E-state index in [1.165, 1.54) is 50.3 Å². The van der Waals surface area contributed by atoms with Crippen molar-refractivity contribution in [3.05, 3.63) is 65.9 Å². The molecule has 1 aliphatic heterocycles. The van der Waals surface area contributed by atoms with Gasteiger partial charge < -0.3 is 4.74 Å². The van der Waals surface area contributed by atoms with Crippen LogP contribution >= 0.6 is 62.5 Å². The minimum absolute atomic E-state index is 0.0569. The van der Waals surface area contributed by atoms with Gasteiger partial charge in [0.15, 0.2) is 10.9 Å². The number of carbonyl (C=O) groups excluding carboxylic acids is 1. The molecule has 0 atom stereocenters. The zero-order valence-corrected chi connectivity index (χ0v) is 25.7. The molecule has 1 amide bonds. The molecule has 0 radical (unpaired) electrons. The first-order valence-corrected chi connectivity index (χ1v) is 16.0. The first kappa shape index (κ1) is 28.4. The van der Waals surface area contributed by atoms with E-state index in [4.69, 9.17) is 44.5 Å². The molecule has 2 aromatic rings. The Balaban J connectivity index is 1.37. The molecule has 4 nitrogen and oxygen atoms in total. The fourth-order valence-electron chi connectivity index (χ4n) is 5.34. The van der Waals surface area contributed by atoms with Gasteiger partial charge in [0, 0.05) is 21.7 Å². The Morgan fingerprint density at radius 3 is 2.37 bits per heavy atom. The average molecular weight is 657 g/mol. The molecular weight excluding hydrogens is 627 g/mol. The molecule has 9 heteroatoms. The number of aliphatic imine (C=N–C) groups is 1. The highest BCUT2D eigenvalue weighted by Crippen LogP contribution is 2.41. The maximum atomic E-state index is 13.7. The van der Waals surface area contributed by atoms with E-state index < -0.39 is 0 Å². The molecule has 38 heavy (non-hydrogen) atoms. The molecule has 0 bridgehead atoms. The van der Waals surface area contributed by atoms with Gasteiger partial charge in [-0.05, 0) is 89.3 Å². The topological polar surface area (TPSA) is 41.9 Å². The van der Waals surface area contributed by atoms with E-state index in [0.29, 0.717) is 36.2 Å². The largest absolute Gasteiger partial charge is 0.486 e. The third kappa shape index (κ3) is 6.75. The normalized spacial score (nSPS) is 21.6. The zero-order chi connectivity index (χ0) is 26.6. The summed E-state index contributed by atoms with van der Waals surface area (Å²) in [6.45, 7) is 0.250. The first-order chi connectivity index (χ1) is 18.4. The van der Waals surface area contributed by atoms with E-state index in [0.717, 1.165) is 42.0 Å². The monoisotopic (exact) mass is 654 g/mol. The predicted octanol–water partition coefficient (Wildman–Crippen LogP) is 9.93. The summed E-state index contributed by atoms with van der Waals surface area (Å²) in [6.07, 6.45) is 13.5. The summed E-state index contributed by atoms with van der Waals surface area (Å²) in [6, 6.07) is 9.60. The van der Waals surface area contributed by atoms with Crippen LogP contribution in [0.3, 0.4) is 0 Å². The molecule has 2 aliphatic carbocycles. The van der Waals surface area contributed by atoms with Gasteiger partial charge in [0.25, 0.3) is 5.91 Å². The van der Waals surface area contributed by atoms with Crippen molar-refractivity contribution in [2.24, 2.45) is 4.99 Å². The van der Waals surface area contributed by atoms with Crippen LogP contribution in [0.2, 0.25) is 15.1 Å². The summed E-state index contributed by atoms with van der Waals surface area (Å²) in [5.74, 6) is 0.579. The van der Waals surface area contributed by atoms with Crippen LogP contribution in [0.25, 0.3) is 6.08 Å². The van der Waals surface area contributed by atoms with Crippen LogP contribution in [-0.4, -0.2) is 28.1 Å². The van der Waals surface area contributed by atoms with Gasteiger partial charge in [0.05, 0.1) is 20.4 Å². The molecule has 0 unspecified atom stereocenters. The Morgan fingerprint density at radius 1 is 0.974 bits per heavy atom. The number of nitrogens with zero attached hydrogens (tertiary/aromatic N) is 2. The number of amides is 1. The van der Waals surface area contributed by atoms with Gasteiger partial charge in [-0.25, -0.2) is 0 Å². The third-order valence-corrected chi connectivity index (χ3v) is 9.80. The van der Waals surface area contributed by atoms with Crippen LogP contribution in [0.1, 0.15) is 75.3 Å². The number of halogens is 4. The summed E-state index contributed by atoms with van der Waals surface area (Å²) in [7, 11) is 0. The van der Waals surface area contributed by atoms with Gasteiger partial charge in [0.2, 0.25) is 0 Å². The Labute approximate surface area is 252 Å². The van der Waals surface area contributed by atoms with E-state index in [-0.39, 0.29) is 18.6 Å². The molecule has 202 valence electrons. The van der Waals surface area contributed by atoms with Crippen molar-refractivity contribution in [3.8, 4) is 5.75 Å². The lowest BCUT2D eigenvalue weighted by molar-refractivity contribution is -0.124. The summed E-state index contributed by atoms with van der Waals surface area (Å²) in [4.78, 5) is 21.5. The number of rotatable bonds is 6.